The number of rotatable bonds is 6. The smallest absolute Gasteiger partial charge is 0.311 e. The molecule has 1 aliphatic heterocycles. The number of ether oxygens (including phenoxy) is 3. The van der Waals surface area contributed by atoms with Crippen LogP contribution in [-0.2, 0) is 11.2 Å². The van der Waals surface area contributed by atoms with Crippen molar-refractivity contribution in [1.82, 2.24) is 10.1 Å². The molecule has 0 unspecified atom stereocenters. The van der Waals surface area contributed by atoms with Gasteiger partial charge in [-0.3, -0.25) is 14.6 Å². The molecular formula is C22H18N2O6. The first kappa shape index (κ1) is 19.4. The standard InChI is InChI=1S/C22H18N2O6/c1-13-8-16(28-20(25)6-5-15-11-19(27-2)24-30-15)10-17-21(13)22(26)18(29-17)9-14-4-3-7-23-12-14/h3-4,7-12H,5-6H2,1-2H3/b18-9-. The quantitative estimate of drug-likeness (QED) is 0.348. The predicted molar refractivity (Wildman–Crippen MR) is 105 cm³/mol. The second-order valence-corrected chi connectivity index (χ2v) is 6.65. The molecule has 0 bridgehead atoms. The maximum atomic E-state index is 12.7. The fourth-order valence-electron chi connectivity index (χ4n) is 3.06. The minimum Gasteiger partial charge on any atom is -0.479 e. The number of allylic oxidation sites excluding steroid dienone is 1. The molecule has 0 saturated heterocycles. The van der Waals surface area contributed by atoms with Crippen LogP contribution >= 0.6 is 0 Å². The molecule has 152 valence electrons. The van der Waals surface area contributed by atoms with Gasteiger partial charge in [0.1, 0.15) is 17.3 Å². The molecule has 30 heavy (non-hydrogen) atoms. The summed E-state index contributed by atoms with van der Waals surface area (Å²) >= 11 is 0. The molecule has 1 aliphatic rings. The summed E-state index contributed by atoms with van der Waals surface area (Å²) in [6.45, 7) is 1.77. The molecule has 0 spiro atoms. The molecule has 1 aromatic carbocycles. The number of esters is 1. The Morgan fingerprint density at radius 2 is 2.13 bits per heavy atom. The molecule has 0 fully saturated rings. The number of hydrogen-bond acceptors (Lipinski definition) is 8. The number of methoxy groups -OCH3 is 1. The zero-order valence-corrected chi connectivity index (χ0v) is 16.4. The van der Waals surface area contributed by atoms with Gasteiger partial charge in [-0.1, -0.05) is 6.07 Å². The molecule has 8 heteroatoms. The molecule has 3 heterocycles. The zero-order chi connectivity index (χ0) is 21.1. The third kappa shape index (κ3) is 4.07. The molecular weight excluding hydrogens is 388 g/mol. The van der Waals surface area contributed by atoms with Gasteiger partial charge in [0, 0.05) is 30.9 Å². The average molecular weight is 406 g/mol. The lowest BCUT2D eigenvalue weighted by Gasteiger charge is -2.07. The summed E-state index contributed by atoms with van der Waals surface area (Å²) in [5, 5.41) is 3.68. The maximum absolute atomic E-state index is 12.7. The van der Waals surface area contributed by atoms with E-state index in [2.05, 4.69) is 10.1 Å². The van der Waals surface area contributed by atoms with Crippen LogP contribution in [0, 0.1) is 6.92 Å². The van der Waals surface area contributed by atoms with Crippen molar-refractivity contribution in [1.29, 1.82) is 0 Å². The van der Waals surface area contributed by atoms with Crippen molar-refractivity contribution in [3.05, 3.63) is 70.9 Å². The number of fused-ring (bicyclic) bond motifs is 1. The molecule has 0 N–H and O–H groups in total. The van der Waals surface area contributed by atoms with Gasteiger partial charge in [0.05, 0.1) is 19.1 Å². The highest BCUT2D eigenvalue weighted by Gasteiger charge is 2.30. The summed E-state index contributed by atoms with van der Waals surface area (Å²) in [6, 6.07) is 8.39. The van der Waals surface area contributed by atoms with E-state index in [1.807, 2.05) is 6.07 Å². The molecule has 0 atom stereocenters. The number of carbonyl (C=O) groups excluding carboxylic acids is 2. The number of aryl methyl sites for hydroxylation is 2. The first-order chi connectivity index (χ1) is 14.5. The van der Waals surface area contributed by atoms with Gasteiger partial charge in [0.15, 0.2) is 5.76 Å². The highest BCUT2D eigenvalue weighted by atomic mass is 16.5. The highest BCUT2D eigenvalue weighted by molar-refractivity contribution is 6.15. The van der Waals surface area contributed by atoms with Gasteiger partial charge < -0.3 is 18.7 Å². The Morgan fingerprint density at radius 3 is 2.87 bits per heavy atom. The zero-order valence-electron chi connectivity index (χ0n) is 16.4. The molecule has 0 amide bonds. The van der Waals surface area contributed by atoms with Crippen molar-refractivity contribution in [2.24, 2.45) is 0 Å². The summed E-state index contributed by atoms with van der Waals surface area (Å²) in [5.74, 6) is 1.07. The van der Waals surface area contributed by atoms with E-state index in [-0.39, 0.29) is 18.0 Å². The van der Waals surface area contributed by atoms with E-state index in [1.165, 1.54) is 7.11 Å². The number of nitrogens with zero attached hydrogens (tertiary/aromatic N) is 2. The van der Waals surface area contributed by atoms with E-state index in [1.54, 1.807) is 49.7 Å². The van der Waals surface area contributed by atoms with Crippen molar-refractivity contribution in [2.45, 2.75) is 19.8 Å². The summed E-state index contributed by atoms with van der Waals surface area (Å²) < 4.78 is 21.1. The Balaban J connectivity index is 1.45. The maximum Gasteiger partial charge on any atom is 0.311 e. The lowest BCUT2D eigenvalue weighted by molar-refractivity contribution is -0.134. The van der Waals surface area contributed by atoms with Crippen molar-refractivity contribution < 1.29 is 28.3 Å². The minimum absolute atomic E-state index is 0.0976. The van der Waals surface area contributed by atoms with Crippen LogP contribution in [0.15, 0.2) is 53.0 Å². The largest absolute Gasteiger partial charge is 0.479 e. The number of benzene rings is 1. The Hall–Kier alpha value is -3.94. The van der Waals surface area contributed by atoms with Crippen LogP contribution in [0.5, 0.6) is 17.4 Å². The first-order valence-corrected chi connectivity index (χ1v) is 9.22. The number of carbonyl (C=O) groups is 2. The summed E-state index contributed by atoms with van der Waals surface area (Å²) in [6.07, 6.45) is 5.34. The van der Waals surface area contributed by atoms with Gasteiger partial charge >= 0.3 is 5.97 Å². The minimum atomic E-state index is -0.444. The number of aromatic nitrogens is 2. The monoisotopic (exact) mass is 406 g/mol. The van der Waals surface area contributed by atoms with Crippen molar-refractivity contribution in [3.63, 3.8) is 0 Å². The van der Waals surface area contributed by atoms with Gasteiger partial charge in [-0.05, 0) is 41.4 Å². The van der Waals surface area contributed by atoms with E-state index in [0.29, 0.717) is 40.7 Å². The summed E-state index contributed by atoms with van der Waals surface area (Å²) in [4.78, 5) is 28.9. The van der Waals surface area contributed by atoms with Crippen LogP contribution in [0.4, 0.5) is 0 Å². The van der Waals surface area contributed by atoms with Gasteiger partial charge in [0.2, 0.25) is 5.78 Å². The molecule has 0 saturated carbocycles. The fourth-order valence-corrected chi connectivity index (χ4v) is 3.06. The topological polar surface area (TPSA) is 101 Å². The molecule has 2 aromatic heterocycles. The van der Waals surface area contributed by atoms with E-state index >= 15 is 0 Å². The lowest BCUT2D eigenvalue weighted by atomic mass is 10.0. The van der Waals surface area contributed by atoms with Crippen molar-refractivity contribution in [3.8, 4) is 17.4 Å². The van der Waals surface area contributed by atoms with Crippen molar-refractivity contribution >= 4 is 17.8 Å². The van der Waals surface area contributed by atoms with Gasteiger partial charge in [-0.2, -0.15) is 0 Å². The number of pyridine rings is 1. The number of hydrogen-bond donors (Lipinski definition) is 0. The third-order valence-electron chi connectivity index (χ3n) is 4.48. The molecule has 4 rings (SSSR count). The van der Waals surface area contributed by atoms with Crippen LogP contribution in [0.3, 0.4) is 0 Å². The molecule has 3 aromatic rings. The van der Waals surface area contributed by atoms with Crippen LogP contribution in [0.25, 0.3) is 6.08 Å². The fraction of sp³-hybridized carbons (Fsp3) is 0.182. The van der Waals surface area contributed by atoms with E-state index < -0.39 is 5.97 Å². The van der Waals surface area contributed by atoms with Crippen LogP contribution in [-0.4, -0.2) is 29.0 Å². The second-order valence-electron chi connectivity index (χ2n) is 6.65. The van der Waals surface area contributed by atoms with Gasteiger partial charge in [-0.15, -0.1) is 0 Å². The van der Waals surface area contributed by atoms with Crippen LogP contribution < -0.4 is 14.2 Å². The average Bonchev–Trinajstić information content (AvgIpc) is 3.32. The lowest BCUT2D eigenvalue weighted by Crippen LogP contribution is -2.09. The van der Waals surface area contributed by atoms with Crippen LogP contribution in [0.2, 0.25) is 0 Å². The molecule has 0 aliphatic carbocycles. The summed E-state index contributed by atoms with van der Waals surface area (Å²) in [7, 11) is 1.48. The Bertz CT molecular complexity index is 1130. The van der Waals surface area contributed by atoms with E-state index in [9.17, 15) is 9.59 Å². The predicted octanol–water partition coefficient (Wildman–Crippen LogP) is 3.54. The van der Waals surface area contributed by atoms with Gasteiger partial charge in [0.25, 0.3) is 5.88 Å². The summed E-state index contributed by atoms with van der Waals surface area (Å²) in [5.41, 5.74) is 1.87. The van der Waals surface area contributed by atoms with E-state index in [4.69, 9.17) is 18.7 Å². The number of ketones is 1. The van der Waals surface area contributed by atoms with Gasteiger partial charge in [-0.25, -0.2) is 0 Å². The Morgan fingerprint density at radius 1 is 1.27 bits per heavy atom. The third-order valence-corrected chi connectivity index (χ3v) is 4.48. The SMILES string of the molecule is COc1cc(CCC(=O)Oc2cc(C)c3c(c2)O/C(=C\c2cccnc2)C3=O)on1. The Labute approximate surface area is 172 Å². The second kappa shape index (κ2) is 8.20. The molecule has 8 nitrogen and oxygen atoms in total. The Kier molecular flexibility index (Phi) is 5.30. The first-order valence-electron chi connectivity index (χ1n) is 9.22. The normalized spacial score (nSPS) is 13.8. The number of Topliss-reactive ketones (excluding diaryl/α,β-unsaturated/α-hetero) is 1. The van der Waals surface area contributed by atoms with Crippen LogP contribution in [0.1, 0.15) is 33.7 Å². The highest BCUT2D eigenvalue weighted by Crippen LogP contribution is 2.37. The van der Waals surface area contributed by atoms with E-state index in [0.717, 1.165) is 5.56 Å². The molecule has 0 radical (unpaired) electrons. The van der Waals surface area contributed by atoms with Crippen molar-refractivity contribution in [2.75, 3.05) is 7.11 Å².